The van der Waals surface area contributed by atoms with E-state index in [1.54, 1.807) is 0 Å². The van der Waals surface area contributed by atoms with Crippen LogP contribution in [0.2, 0.25) is 0 Å². The molecule has 3 fully saturated rings. The molecule has 0 saturated carbocycles. The first-order valence-electron chi connectivity index (χ1n) is 20.4. The molecule has 4 rings (SSSR count). The lowest BCUT2D eigenvalue weighted by molar-refractivity contribution is -0.347. The predicted octanol–water partition coefficient (Wildman–Crippen LogP) is -2.25. The van der Waals surface area contributed by atoms with Crippen LogP contribution >= 0.6 is 0 Å². The third-order valence-electron chi connectivity index (χ3n) is 11.0. The smallest absolute Gasteiger partial charge is 0.330 e. The third kappa shape index (κ3) is 12.8. The van der Waals surface area contributed by atoms with Crippen molar-refractivity contribution in [3.8, 4) is 0 Å². The molecule has 20 heteroatoms. The Kier molecular flexibility index (Phi) is 18.7. The molecule has 0 aromatic carbocycles. The molecule has 15 atom stereocenters. The predicted molar refractivity (Wildman–Crippen MR) is 203 cm³/mol. The molecule has 11 N–H and O–H groups in total. The number of unbranched alkanes of at least 4 members (excludes halogenated alkanes) is 8. The molecular formula is C38H64N4O16. The lowest BCUT2D eigenvalue weighted by atomic mass is 9.91. The fourth-order valence-corrected chi connectivity index (χ4v) is 7.68. The highest BCUT2D eigenvalue weighted by atomic mass is 16.8. The van der Waals surface area contributed by atoms with Gasteiger partial charge in [-0.15, -0.1) is 0 Å². The maximum Gasteiger partial charge on any atom is 0.330 e. The fourth-order valence-electron chi connectivity index (χ4n) is 7.68. The Hall–Kier alpha value is -2.86. The van der Waals surface area contributed by atoms with Crippen molar-refractivity contribution in [2.45, 2.75) is 190 Å². The van der Waals surface area contributed by atoms with E-state index in [1.807, 2.05) is 4.98 Å². The van der Waals surface area contributed by atoms with E-state index in [4.69, 9.17) is 18.9 Å². The Morgan fingerprint density at radius 1 is 0.776 bits per heavy atom. The van der Waals surface area contributed by atoms with Crippen LogP contribution in [0, 0.1) is 5.92 Å². The number of hydrogen-bond donors (Lipinski definition) is 11. The van der Waals surface area contributed by atoms with Crippen molar-refractivity contribution in [2.24, 2.45) is 5.92 Å². The van der Waals surface area contributed by atoms with E-state index < -0.39 is 128 Å². The number of hydrogen-bond acceptors (Lipinski definition) is 16. The Morgan fingerprint density at radius 2 is 1.33 bits per heavy atom. The van der Waals surface area contributed by atoms with Gasteiger partial charge in [-0.05, 0) is 12.3 Å². The highest BCUT2D eigenvalue weighted by Gasteiger charge is 2.53. The topological polar surface area (TPSA) is 312 Å². The summed E-state index contributed by atoms with van der Waals surface area (Å²) >= 11 is 0. The van der Waals surface area contributed by atoms with Gasteiger partial charge in [0.05, 0.1) is 18.8 Å². The molecule has 1 aromatic rings. The minimum Gasteiger partial charge on any atom is -0.394 e. The standard InChI is InChI=1S/C38H64N4O16/c1-19(2)13-11-9-7-5-4-6-8-10-12-14-24(46)40-27-31(51)28(48)22(55-37(27)58-36-26(39-20(3)44)30(50)29(49)23(18-43)56-36)17-21(45)34-32(52)33(53)35(57-34)42-16-15-25(47)41-38(42)54/h15-16,19,21-23,26-37,43,45,48-53H,4-14,17-18H2,1-3H3,(H,39,44)(H,40,46)(H,41,47,54). The summed E-state index contributed by atoms with van der Waals surface area (Å²) in [5, 5.41) is 91.5. The number of carbonyl (C=O) groups is 2. The van der Waals surface area contributed by atoms with Crippen LogP contribution in [0.4, 0.5) is 0 Å². The van der Waals surface area contributed by atoms with Crippen molar-refractivity contribution in [3.63, 3.8) is 0 Å². The van der Waals surface area contributed by atoms with Gasteiger partial charge in [0.25, 0.3) is 5.56 Å². The Morgan fingerprint density at radius 3 is 1.90 bits per heavy atom. The molecule has 3 aliphatic rings. The van der Waals surface area contributed by atoms with Crippen LogP contribution in [0.15, 0.2) is 21.9 Å². The maximum absolute atomic E-state index is 13.2. The molecule has 15 unspecified atom stereocenters. The van der Waals surface area contributed by atoms with Crippen LogP contribution in [0.5, 0.6) is 0 Å². The van der Waals surface area contributed by atoms with Crippen LogP contribution in [-0.2, 0) is 28.5 Å². The Balaban J connectivity index is 1.44. The van der Waals surface area contributed by atoms with Crippen LogP contribution < -0.4 is 21.9 Å². The van der Waals surface area contributed by atoms with Gasteiger partial charge in [0.1, 0.15) is 60.9 Å². The van der Waals surface area contributed by atoms with E-state index in [0.29, 0.717) is 12.3 Å². The summed E-state index contributed by atoms with van der Waals surface area (Å²) in [7, 11) is 0. The third-order valence-corrected chi connectivity index (χ3v) is 11.0. The first-order valence-corrected chi connectivity index (χ1v) is 20.4. The van der Waals surface area contributed by atoms with E-state index in [-0.39, 0.29) is 6.42 Å². The average Bonchev–Trinajstić information content (AvgIpc) is 3.46. The normalized spacial score (nSPS) is 34.6. The van der Waals surface area contributed by atoms with E-state index in [2.05, 4.69) is 24.5 Å². The van der Waals surface area contributed by atoms with Crippen molar-refractivity contribution in [2.75, 3.05) is 6.61 Å². The van der Waals surface area contributed by atoms with Crippen LogP contribution in [0.25, 0.3) is 0 Å². The first kappa shape index (κ1) is 47.8. The number of ether oxygens (including phenoxy) is 4. The zero-order valence-corrected chi connectivity index (χ0v) is 33.4. The van der Waals surface area contributed by atoms with E-state index >= 15 is 0 Å². The minimum absolute atomic E-state index is 0.0636. The molecule has 0 bridgehead atoms. The van der Waals surface area contributed by atoms with Gasteiger partial charge in [0.15, 0.2) is 18.8 Å². The average molecular weight is 833 g/mol. The molecule has 0 radical (unpaired) electrons. The van der Waals surface area contributed by atoms with Crippen molar-refractivity contribution in [3.05, 3.63) is 33.1 Å². The van der Waals surface area contributed by atoms with Gasteiger partial charge in [0.2, 0.25) is 11.8 Å². The van der Waals surface area contributed by atoms with Crippen LogP contribution in [0.1, 0.15) is 104 Å². The molecular weight excluding hydrogens is 768 g/mol. The number of aliphatic hydroxyl groups excluding tert-OH is 8. The summed E-state index contributed by atoms with van der Waals surface area (Å²) in [5.41, 5.74) is -1.68. The Bertz CT molecular complexity index is 1550. The molecule has 58 heavy (non-hydrogen) atoms. The van der Waals surface area contributed by atoms with Crippen molar-refractivity contribution in [1.82, 2.24) is 20.2 Å². The zero-order chi connectivity index (χ0) is 42.7. The van der Waals surface area contributed by atoms with E-state index in [9.17, 15) is 60.0 Å². The molecule has 0 aliphatic carbocycles. The first-order chi connectivity index (χ1) is 27.5. The molecule has 3 aliphatic heterocycles. The lowest BCUT2D eigenvalue weighted by Crippen LogP contribution is -2.69. The molecule has 1 aromatic heterocycles. The number of carbonyl (C=O) groups excluding carboxylic acids is 2. The second kappa shape index (κ2) is 22.7. The number of aromatic nitrogens is 2. The monoisotopic (exact) mass is 832 g/mol. The largest absolute Gasteiger partial charge is 0.394 e. The van der Waals surface area contributed by atoms with Crippen molar-refractivity contribution >= 4 is 11.8 Å². The van der Waals surface area contributed by atoms with Gasteiger partial charge in [-0.2, -0.15) is 0 Å². The number of aromatic amines is 1. The molecule has 3 saturated heterocycles. The van der Waals surface area contributed by atoms with Crippen LogP contribution in [0.3, 0.4) is 0 Å². The number of H-pyrrole nitrogens is 1. The summed E-state index contributed by atoms with van der Waals surface area (Å²) in [4.78, 5) is 51.2. The summed E-state index contributed by atoms with van der Waals surface area (Å²) < 4.78 is 24.2. The van der Waals surface area contributed by atoms with Gasteiger partial charge < -0.3 is 70.4 Å². The number of nitrogens with zero attached hydrogens (tertiary/aromatic N) is 1. The minimum atomic E-state index is -1.82. The molecule has 332 valence electrons. The summed E-state index contributed by atoms with van der Waals surface area (Å²) in [6.07, 6.45) is -10.6. The lowest BCUT2D eigenvalue weighted by Gasteiger charge is -2.47. The highest BCUT2D eigenvalue weighted by Crippen LogP contribution is 2.34. The maximum atomic E-state index is 13.2. The summed E-state index contributed by atoms with van der Waals surface area (Å²) in [6, 6.07) is -1.94. The fraction of sp³-hybridized carbons (Fsp3) is 0.842. The van der Waals surface area contributed by atoms with Gasteiger partial charge >= 0.3 is 5.69 Å². The number of nitrogens with one attached hydrogen (secondary N) is 3. The van der Waals surface area contributed by atoms with Gasteiger partial charge in [0, 0.05) is 32.0 Å². The number of amides is 2. The van der Waals surface area contributed by atoms with Gasteiger partial charge in [-0.1, -0.05) is 71.6 Å². The Labute approximate surface area is 336 Å². The molecule has 2 amide bonds. The molecule has 20 nitrogen and oxygen atoms in total. The van der Waals surface area contributed by atoms with Crippen molar-refractivity contribution in [1.29, 1.82) is 0 Å². The number of rotatable bonds is 21. The zero-order valence-electron chi connectivity index (χ0n) is 33.4. The van der Waals surface area contributed by atoms with Gasteiger partial charge in [-0.3, -0.25) is 23.9 Å². The summed E-state index contributed by atoms with van der Waals surface area (Å²) in [5.74, 6) is -0.444. The SMILES string of the molecule is CC(=O)NC1C(OC2OC(CC(O)C3OC(n4ccc(=O)[nH]c4=O)C(O)C3O)C(O)C(O)C2NC(=O)CCCCCCCCCCCC(C)C)OC(CO)C(O)C1O. The second-order valence-electron chi connectivity index (χ2n) is 16.1. The van der Waals surface area contributed by atoms with Gasteiger partial charge in [-0.25, -0.2) is 4.79 Å². The molecule has 4 heterocycles. The second-order valence-corrected chi connectivity index (χ2v) is 16.1. The number of aliphatic hydroxyl groups is 8. The molecule has 0 spiro atoms. The van der Waals surface area contributed by atoms with Crippen molar-refractivity contribution < 1.29 is 69.4 Å². The summed E-state index contributed by atoms with van der Waals surface area (Å²) in [6.45, 7) is 4.81. The quantitative estimate of drug-likeness (QED) is 0.0583. The highest BCUT2D eigenvalue weighted by molar-refractivity contribution is 5.76. The van der Waals surface area contributed by atoms with E-state index in [0.717, 1.165) is 55.9 Å². The van der Waals surface area contributed by atoms with Crippen LogP contribution in [-0.4, -0.2) is 155 Å². The van der Waals surface area contributed by atoms with E-state index in [1.165, 1.54) is 25.7 Å².